The van der Waals surface area contributed by atoms with Crippen molar-refractivity contribution in [3.63, 3.8) is 0 Å². The topological polar surface area (TPSA) is 0 Å². The van der Waals surface area contributed by atoms with Gasteiger partial charge >= 0.3 is 66.9 Å². The van der Waals surface area contributed by atoms with Gasteiger partial charge in [-0.2, -0.15) is 0 Å². The van der Waals surface area contributed by atoms with Crippen LogP contribution in [-0.2, 0) is 0 Å². The first-order chi connectivity index (χ1) is 0. The van der Waals surface area contributed by atoms with Crippen LogP contribution in [0.1, 0.15) is 0 Å². The van der Waals surface area contributed by atoms with E-state index in [1.165, 1.54) is 0 Å². The van der Waals surface area contributed by atoms with Gasteiger partial charge in [0.2, 0.25) is 0 Å². The average Bonchev–Trinajstić information content (AvgIpc) is 0. The molecule has 0 aromatic carbocycles. The Labute approximate surface area is 113 Å². The van der Waals surface area contributed by atoms with Crippen LogP contribution in [0.2, 0.25) is 0 Å². The Morgan fingerprint density at radius 3 is 1.00 bits per heavy atom. The quantitative estimate of drug-likeness (QED) is 0.410. The second kappa shape index (κ2) is 15.9. The zero-order valence-corrected chi connectivity index (χ0v) is 2.80. The van der Waals surface area contributed by atoms with Crippen molar-refractivity contribution in [2.45, 2.75) is 0 Å². The van der Waals surface area contributed by atoms with Crippen molar-refractivity contribution in [1.29, 1.82) is 0 Å². The summed E-state index contributed by atoms with van der Waals surface area (Å²) in [6.07, 6.45) is 0. The van der Waals surface area contributed by atoms with E-state index in [-0.39, 0.29) is 116 Å². The molecule has 0 aliphatic rings. The molecule has 0 aromatic rings. The Hall–Kier alpha value is 3.76. The number of hydrogen-bond acceptors (Lipinski definition) is 0. The monoisotopic (exact) mass is 327 g/mol. The summed E-state index contributed by atoms with van der Waals surface area (Å²) in [4.78, 5) is 0. The van der Waals surface area contributed by atoms with Crippen molar-refractivity contribution in [3.8, 4) is 0 Å². The van der Waals surface area contributed by atoms with Gasteiger partial charge in [0.05, 0.1) is 0 Å². The fraction of sp³-hybridized carbons (Fsp3) is 0. The molecule has 0 aromatic heterocycles. The molecule has 0 aliphatic carbocycles. The van der Waals surface area contributed by atoms with Crippen LogP contribution in [-0.4, -0.2) is 66.9 Å². The fourth-order valence-corrected chi connectivity index (χ4v) is 0. The van der Waals surface area contributed by atoms with Crippen LogP contribution >= 0.6 is 0 Å². The first kappa shape index (κ1) is 25.1. The Kier molecular flexibility index (Phi) is 99.4. The molecule has 0 aliphatic heterocycles. The van der Waals surface area contributed by atoms with E-state index in [9.17, 15) is 0 Å². The molecule has 0 saturated carbocycles. The van der Waals surface area contributed by atoms with Gasteiger partial charge in [0, 0.05) is 49.4 Å². The maximum absolute atomic E-state index is 0. The van der Waals surface area contributed by atoms with Crippen LogP contribution in [0.4, 0.5) is 0 Å². The van der Waals surface area contributed by atoms with Crippen molar-refractivity contribution < 1.29 is 49.4 Å². The molecule has 0 atom stereocenters. The molecule has 0 unspecified atom stereocenters. The summed E-state index contributed by atoms with van der Waals surface area (Å²) in [7, 11) is 0. The molecule has 0 heterocycles. The fourth-order valence-electron chi connectivity index (χ4n) is 0. The van der Waals surface area contributed by atoms with Crippen LogP contribution in [0, 0.1) is 49.4 Å². The normalized spacial score (nSPS) is 0. The van der Waals surface area contributed by atoms with Crippen molar-refractivity contribution in [1.82, 2.24) is 0 Å². The van der Waals surface area contributed by atoms with Crippen molar-refractivity contribution in [3.05, 3.63) is 0 Å². The van der Waals surface area contributed by atoms with Crippen LogP contribution in [0.25, 0.3) is 0 Å². The molecule has 0 bridgehead atoms. The summed E-state index contributed by atoms with van der Waals surface area (Å²) in [6.45, 7) is 0. The molecule has 4 heteroatoms. The second-order valence-electron chi connectivity index (χ2n) is 0. The molecule has 0 N–H and O–H groups in total. The van der Waals surface area contributed by atoms with Gasteiger partial charge in [-0.1, -0.05) is 0 Å². The van der Waals surface area contributed by atoms with E-state index in [0.29, 0.717) is 0 Å². The van der Waals surface area contributed by atoms with Crippen LogP contribution < -0.4 is 0 Å². The zero-order valence-electron chi connectivity index (χ0n) is 0.378. The van der Waals surface area contributed by atoms with Gasteiger partial charge in [0.25, 0.3) is 0 Å². The predicted molar refractivity (Wildman–Crippen MR) is 28.4 cm³/mol. The van der Waals surface area contributed by atoms with Gasteiger partial charge in [-0.3, -0.25) is 0 Å². The van der Waals surface area contributed by atoms with E-state index < -0.39 is 0 Å². The van der Waals surface area contributed by atoms with Crippen LogP contribution in [0.3, 0.4) is 0 Å². The summed E-state index contributed by atoms with van der Waals surface area (Å²) in [5.41, 5.74) is 0. The molecular weight excluding hydrogens is 317 g/mol. The van der Waals surface area contributed by atoms with Crippen molar-refractivity contribution in [2.24, 2.45) is 0 Å². The minimum atomic E-state index is 0. The Morgan fingerprint density at radius 2 is 1.00 bits per heavy atom. The zero-order chi connectivity index (χ0) is 0. The third-order valence-electron chi connectivity index (χ3n) is 0. The van der Waals surface area contributed by atoms with Gasteiger partial charge < -0.3 is 0 Å². The van der Waals surface area contributed by atoms with E-state index in [1.54, 1.807) is 0 Å². The van der Waals surface area contributed by atoms with E-state index in [1.807, 2.05) is 0 Å². The summed E-state index contributed by atoms with van der Waals surface area (Å²) in [5, 5.41) is 0. The van der Waals surface area contributed by atoms with Gasteiger partial charge in [0.1, 0.15) is 0 Å². The van der Waals surface area contributed by atoms with Crippen LogP contribution in [0.5, 0.6) is 0 Å². The van der Waals surface area contributed by atoms with Crippen LogP contribution in [0.15, 0.2) is 0 Å². The molecule has 0 saturated heterocycles. The van der Waals surface area contributed by atoms with E-state index in [0.717, 1.165) is 0 Å². The summed E-state index contributed by atoms with van der Waals surface area (Å²) >= 11 is 0. The summed E-state index contributed by atoms with van der Waals surface area (Å²) in [5.74, 6) is 0. The summed E-state index contributed by atoms with van der Waals surface area (Å²) < 4.78 is 0. The van der Waals surface area contributed by atoms with Gasteiger partial charge in [-0.25, -0.2) is 0 Å². The standard InChI is InChI=1S/Eu.Ga.GeH4.Na.4H/h;;1H4;;;;;. The Balaban J connectivity index is 0. The van der Waals surface area contributed by atoms with E-state index >= 15 is 0 Å². The Morgan fingerprint density at radius 1 is 1.00 bits per heavy atom. The van der Waals surface area contributed by atoms with Gasteiger partial charge in [0.15, 0.2) is 0 Å². The first-order valence-electron chi connectivity index (χ1n) is 0. The summed E-state index contributed by atoms with van der Waals surface area (Å²) in [6, 6.07) is 0. The maximum atomic E-state index is 0. The molecule has 0 amide bonds. The number of rotatable bonds is 0. The average molecular weight is 325 g/mol. The SMILES string of the molecule is [Eu].[GaH3].[GeH4].[NaH]. The third kappa shape index (κ3) is 9.23. The molecule has 0 fully saturated rings. The molecule has 0 nitrogen and oxygen atoms in total. The van der Waals surface area contributed by atoms with Gasteiger partial charge in [-0.05, 0) is 0 Å². The number of hydrogen-bond donors (Lipinski definition) is 0. The molecule has 0 spiro atoms. The first-order valence-corrected chi connectivity index (χ1v) is 0. The van der Waals surface area contributed by atoms with E-state index in [2.05, 4.69) is 0 Å². The second-order valence-corrected chi connectivity index (χ2v) is 0. The molecule has 4 heavy (non-hydrogen) atoms. The molecular formula is H8EuGaGeNa. The minimum absolute atomic E-state index is 0. The van der Waals surface area contributed by atoms with Gasteiger partial charge in [-0.15, -0.1) is 0 Å². The van der Waals surface area contributed by atoms with Crippen molar-refractivity contribution in [2.75, 3.05) is 0 Å². The van der Waals surface area contributed by atoms with Crippen molar-refractivity contribution >= 4 is 66.9 Å². The predicted octanol–water partition coefficient (Wildman–Crippen LogP) is -3.28. The third-order valence-corrected chi connectivity index (χ3v) is 0. The molecule has 23 valence electrons. The molecule has 0 rings (SSSR count). The Bertz CT molecular complexity index is 8.00. The van der Waals surface area contributed by atoms with E-state index in [4.69, 9.17) is 0 Å². The molecule has 1 radical (unpaired) electrons.